The molecule has 2 atom stereocenters. The fourth-order valence-corrected chi connectivity index (χ4v) is 10.2. The summed E-state index contributed by atoms with van der Waals surface area (Å²) in [5, 5.41) is 2.51. The average molecular weight is 733 g/mol. The molecule has 274 valence electrons. The van der Waals surface area contributed by atoms with Gasteiger partial charge in [-0.3, -0.25) is 0 Å². The van der Waals surface area contributed by atoms with Gasteiger partial charge in [0.2, 0.25) is 0 Å². The molecule has 2 heteroatoms. The highest BCUT2D eigenvalue weighted by molar-refractivity contribution is 5.99. The molecular weight excluding hydrogens is 689 g/mol. The summed E-state index contributed by atoms with van der Waals surface area (Å²) in [4.78, 5) is 5.11. The molecule has 0 bridgehead atoms. The topological polar surface area (TPSA) is 6.48 Å². The summed E-state index contributed by atoms with van der Waals surface area (Å²) < 4.78 is 0. The van der Waals surface area contributed by atoms with Gasteiger partial charge in [0.25, 0.3) is 0 Å². The van der Waals surface area contributed by atoms with Gasteiger partial charge in [-0.1, -0.05) is 172 Å². The lowest BCUT2D eigenvalue weighted by molar-refractivity contribution is 0.660. The Balaban J connectivity index is 1.06. The Kier molecular flexibility index (Phi) is 7.83. The molecule has 0 amide bonds. The Morgan fingerprint density at radius 2 is 1.32 bits per heavy atom. The smallest absolute Gasteiger partial charge is 0.0626 e. The van der Waals surface area contributed by atoms with Gasteiger partial charge in [-0.2, -0.15) is 0 Å². The quantitative estimate of drug-likeness (QED) is 0.168. The van der Waals surface area contributed by atoms with E-state index in [9.17, 15) is 0 Å². The zero-order valence-corrected chi connectivity index (χ0v) is 32.4. The van der Waals surface area contributed by atoms with E-state index in [1.54, 1.807) is 0 Å². The lowest BCUT2D eigenvalue weighted by Crippen LogP contribution is -2.33. The van der Waals surface area contributed by atoms with E-state index < -0.39 is 0 Å². The minimum absolute atomic E-state index is 0.104. The van der Waals surface area contributed by atoms with Gasteiger partial charge in [0, 0.05) is 45.2 Å². The average Bonchev–Trinajstić information content (AvgIpc) is 3.73. The summed E-state index contributed by atoms with van der Waals surface area (Å²) in [6, 6.07) is 58.9. The van der Waals surface area contributed by atoms with Crippen LogP contribution in [0.3, 0.4) is 0 Å². The van der Waals surface area contributed by atoms with Crippen LogP contribution in [-0.2, 0) is 5.41 Å². The zero-order valence-electron chi connectivity index (χ0n) is 32.4. The number of para-hydroxylation sites is 1. The molecule has 57 heavy (non-hydrogen) atoms. The summed E-state index contributed by atoms with van der Waals surface area (Å²) in [5.41, 5.74) is 17.9. The molecule has 1 aliphatic heterocycles. The van der Waals surface area contributed by atoms with Crippen LogP contribution >= 0.6 is 0 Å². The Labute approximate surface area is 336 Å². The predicted molar refractivity (Wildman–Crippen MR) is 241 cm³/mol. The first-order valence-electron chi connectivity index (χ1n) is 20.4. The van der Waals surface area contributed by atoms with Gasteiger partial charge in [0.05, 0.1) is 11.7 Å². The van der Waals surface area contributed by atoms with E-state index in [-0.39, 0.29) is 5.41 Å². The van der Waals surface area contributed by atoms with E-state index in [1.165, 1.54) is 77.9 Å². The van der Waals surface area contributed by atoms with Gasteiger partial charge in [-0.15, -0.1) is 0 Å². The fourth-order valence-electron chi connectivity index (χ4n) is 10.2. The molecule has 0 aromatic heterocycles. The molecule has 0 spiro atoms. The van der Waals surface area contributed by atoms with Crippen LogP contribution in [0.1, 0.15) is 37.8 Å². The van der Waals surface area contributed by atoms with Gasteiger partial charge in [-0.05, 0) is 99.0 Å². The molecule has 2 unspecified atom stereocenters. The van der Waals surface area contributed by atoms with E-state index in [2.05, 4.69) is 218 Å². The highest BCUT2D eigenvalue weighted by Gasteiger charge is 2.40. The Bertz CT molecular complexity index is 2840. The van der Waals surface area contributed by atoms with Gasteiger partial charge in [0.1, 0.15) is 0 Å². The van der Waals surface area contributed by atoms with Crippen LogP contribution < -0.4 is 9.80 Å². The molecule has 0 N–H and O–H groups in total. The minimum atomic E-state index is -0.104. The number of hydrogen-bond donors (Lipinski definition) is 0. The number of benzene rings is 7. The number of nitrogens with zero attached hydrogens (tertiary/aromatic N) is 2. The summed E-state index contributed by atoms with van der Waals surface area (Å²) in [6.45, 7) is 4.73. The second kappa shape index (κ2) is 13.2. The lowest BCUT2D eigenvalue weighted by Gasteiger charge is -2.33. The van der Waals surface area contributed by atoms with Crippen LogP contribution in [-0.4, -0.2) is 6.04 Å². The van der Waals surface area contributed by atoms with E-state index in [0.717, 1.165) is 24.2 Å². The van der Waals surface area contributed by atoms with Crippen molar-refractivity contribution in [3.63, 3.8) is 0 Å². The molecule has 0 saturated heterocycles. The largest absolute Gasteiger partial charge is 0.336 e. The third-order valence-electron chi connectivity index (χ3n) is 12.9. The van der Waals surface area contributed by atoms with Crippen molar-refractivity contribution in [3.05, 3.63) is 217 Å². The number of hydrogen-bond acceptors (Lipinski definition) is 2. The molecule has 2 nitrogen and oxygen atoms in total. The van der Waals surface area contributed by atoms with Crippen LogP contribution in [0.4, 0.5) is 22.7 Å². The third-order valence-corrected chi connectivity index (χ3v) is 12.9. The molecular formula is C55H44N2. The van der Waals surface area contributed by atoms with E-state index in [0.29, 0.717) is 12.0 Å². The van der Waals surface area contributed by atoms with Crippen LogP contribution in [0.25, 0.3) is 44.2 Å². The Morgan fingerprint density at radius 1 is 0.596 bits per heavy atom. The van der Waals surface area contributed by atoms with E-state index in [4.69, 9.17) is 0 Å². The summed E-state index contributed by atoms with van der Waals surface area (Å²) in [7, 11) is 0. The van der Waals surface area contributed by atoms with Crippen LogP contribution in [0.5, 0.6) is 0 Å². The van der Waals surface area contributed by atoms with E-state index in [1.807, 2.05) is 0 Å². The molecule has 7 aromatic carbocycles. The molecule has 3 aliphatic carbocycles. The molecule has 0 fully saturated rings. The summed E-state index contributed by atoms with van der Waals surface area (Å²) in [6.07, 6.45) is 16.1. The predicted octanol–water partition coefficient (Wildman–Crippen LogP) is 14.5. The van der Waals surface area contributed by atoms with Crippen molar-refractivity contribution < 1.29 is 0 Å². The minimum Gasteiger partial charge on any atom is -0.336 e. The van der Waals surface area contributed by atoms with Gasteiger partial charge >= 0.3 is 0 Å². The first kappa shape index (κ1) is 33.7. The van der Waals surface area contributed by atoms with Crippen molar-refractivity contribution in [2.24, 2.45) is 5.92 Å². The first-order valence-corrected chi connectivity index (χ1v) is 20.4. The van der Waals surface area contributed by atoms with Crippen LogP contribution in [0.2, 0.25) is 0 Å². The second-order valence-electron chi connectivity index (χ2n) is 16.3. The Morgan fingerprint density at radius 3 is 2.23 bits per heavy atom. The van der Waals surface area contributed by atoms with Crippen molar-refractivity contribution in [1.29, 1.82) is 0 Å². The van der Waals surface area contributed by atoms with Crippen LogP contribution in [0, 0.1) is 5.92 Å². The van der Waals surface area contributed by atoms with Gasteiger partial charge in [-0.25, -0.2) is 0 Å². The van der Waals surface area contributed by atoms with Gasteiger partial charge in [0.15, 0.2) is 0 Å². The standard InChI is InChI=1S/C55H44N2/c1-55(2)48-26-9-5-24-47(48)54-49(55)27-15-31-53(54)56(41-19-13-18-39(36-41)43-25-14-17-37-16-3-4-20-42(37)43)40-34-32-38(33-35-40)44-21-6-10-28-50(44)57-51-29-11-7-22-45(51)46-23-8-12-30-52(46)57/h3-11,13-29,31-36,45,51H,12,30H2,1-2H3. The number of anilines is 4. The second-order valence-corrected chi connectivity index (χ2v) is 16.3. The third kappa shape index (κ3) is 5.31. The van der Waals surface area contributed by atoms with Gasteiger partial charge < -0.3 is 9.80 Å². The lowest BCUT2D eigenvalue weighted by atomic mass is 9.82. The molecule has 7 aromatic rings. The van der Waals surface area contributed by atoms with Crippen LogP contribution in [0.15, 0.2) is 205 Å². The fraction of sp³-hybridized carbons (Fsp3) is 0.127. The maximum atomic E-state index is 2.63. The first-order chi connectivity index (χ1) is 28.1. The van der Waals surface area contributed by atoms with Crippen molar-refractivity contribution in [3.8, 4) is 33.4 Å². The van der Waals surface area contributed by atoms with E-state index >= 15 is 0 Å². The maximum Gasteiger partial charge on any atom is 0.0626 e. The molecule has 0 radical (unpaired) electrons. The Hall–Kier alpha value is -6.64. The molecule has 0 saturated carbocycles. The molecule has 11 rings (SSSR count). The summed E-state index contributed by atoms with van der Waals surface area (Å²) in [5.74, 6) is 0.387. The number of rotatable bonds is 6. The van der Waals surface area contributed by atoms with Crippen molar-refractivity contribution >= 4 is 33.5 Å². The SMILES string of the molecule is CC1(C)c2ccccc2-c2c(N(c3ccc(-c4ccccc4N4C5=C(C=CCC5)C5C=CC=CC54)cc3)c3cccc(-c4cccc5ccccc45)c3)cccc21. The molecule has 1 heterocycles. The van der Waals surface area contributed by atoms with Crippen molar-refractivity contribution in [2.75, 3.05) is 9.80 Å². The highest BCUT2D eigenvalue weighted by atomic mass is 15.2. The normalized spacial score (nSPS) is 18.4. The zero-order chi connectivity index (χ0) is 38.1. The summed E-state index contributed by atoms with van der Waals surface area (Å²) >= 11 is 0. The monoisotopic (exact) mass is 732 g/mol. The number of fused-ring (bicyclic) bond motifs is 6. The maximum absolute atomic E-state index is 2.63. The number of allylic oxidation sites excluding steroid dienone is 5. The highest BCUT2D eigenvalue weighted by Crippen LogP contribution is 2.54. The molecule has 4 aliphatic rings. The van der Waals surface area contributed by atoms with Crippen molar-refractivity contribution in [1.82, 2.24) is 0 Å². The van der Waals surface area contributed by atoms with Crippen molar-refractivity contribution in [2.45, 2.75) is 38.1 Å².